The summed E-state index contributed by atoms with van der Waals surface area (Å²) in [5.74, 6) is -0.205. The number of aromatic amines is 1. The summed E-state index contributed by atoms with van der Waals surface area (Å²) >= 11 is 0. The Kier molecular flexibility index (Phi) is 4.21. The number of aromatic nitrogens is 2. The summed E-state index contributed by atoms with van der Waals surface area (Å²) in [7, 11) is 0. The van der Waals surface area contributed by atoms with Crippen LogP contribution in [0.5, 0.6) is 0 Å². The lowest BCUT2D eigenvalue weighted by molar-refractivity contribution is 0.199. The third-order valence-corrected chi connectivity index (χ3v) is 5.63. The predicted octanol–water partition coefficient (Wildman–Crippen LogP) is 5.16. The van der Waals surface area contributed by atoms with Gasteiger partial charge in [-0.15, -0.1) is 0 Å². The molecule has 5 rings (SSSR count). The Morgan fingerprint density at radius 3 is 2.68 bits per heavy atom. The number of fused-ring (bicyclic) bond motifs is 3. The van der Waals surface area contributed by atoms with Gasteiger partial charge in [0, 0.05) is 35.4 Å². The first-order chi connectivity index (χ1) is 13.7. The van der Waals surface area contributed by atoms with Crippen LogP contribution in [0.15, 0.2) is 66.7 Å². The molecule has 0 aliphatic carbocycles. The van der Waals surface area contributed by atoms with Crippen LogP contribution in [0.1, 0.15) is 34.3 Å². The second-order valence-corrected chi connectivity index (χ2v) is 7.51. The molecular weight excluding hydrogens is 349 g/mol. The average molecular weight is 371 g/mol. The Morgan fingerprint density at radius 1 is 1.04 bits per heavy atom. The number of nitrogens with one attached hydrogen (secondary N) is 1. The van der Waals surface area contributed by atoms with Gasteiger partial charge in [-0.1, -0.05) is 36.4 Å². The molecule has 2 aromatic heterocycles. The first-order valence-corrected chi connectivity index (χ1v) is 9.70. The van der Waals surface area contributed by atoms with Crippen LogP contribution in [0.2, 0.25) is 0 Å². The van der Waals surface area contributed by atoms with Crippen molar-refractivity contribution in [1.29, 1.82) is 0 Å². The number of halogens is 1. The first-order valence-electron chi connectivity index (χ1n) is 9.70. The van der Waals surface area contributed by atoms with Crippen LogP contribution in [0, 0.1) is 12.7 Å². The summed E-state index contributed by atoms with van der Waals surface area (Å²) < 4.78 is 13.6. The highest BCUT2D eigenvalue weighted by molar-refractivity contribution is 5.85. The molecule has 0 amide bonds. The Hall–Kier alpha value is -2.98. The molecule has 2 aromatic carbocycles. The van der Waals surface area contributed by atoms with Crippen molar-refractivity contribution in [3.8, 4) is 0 Å². The summed E-state index contributed by atoms with van der Waals surface area (Å²) in [4.78, 5) is 10.8. The van der Waals surface area contributed by atoms with Crippen LogP contribution < -0.4 is 0 Å². The second-order valence-electron chi connectivity index (χ2n) is 7.51. The number of pyridine rings is 1. The Labute approximate surface area is 163 Å². The van der Waals surface area contributed by atoms with Gasteiger partial charge in [-0.25, -0.2) is 4.39 Å². The minimum absolute atomic E-state index is 0.0547. The second kappa shape index (κ2) is 6.88. The molecular formula is C24H22FN3. The summed E-state index contributed by atoms with van der Waals surface area (Å²) in [5.41, 5.74) is 6.94. The van der Waals surface area contributed by atoms with Gasteiger partial charge in [0.05, 0.1) is 11.7 Å². The van der Waals surface area contributed by atoms with Crippen molar-refractivity contribution in [3.63, 3.8) is 0 Å². The van der Waals surface area contributed by atoms with Gasteiger partial charge in [-0.05, 0) is 54.8 Å². The van der Waals surface area contributed by atoms with E-state index in [1.165, 1.54) is 16.6 Å². The lowest BCUT2D eigenvalue weighted by Gasteiger charge is -2.36. The van der Waals surface area contributed by atoms with Gasteiger partial charge in [0.1, 0.15) is 5.82 Å². The monoisotopic (exact) mass is 371 g/mol. The van der Waals surface area contributed by atoms with Crippen LogP contribution in [0.25, 0.3) is 10.9 Å². The predicted molar refractivity (Wildman–Crippen MR) is 110 cm³/mol. The lowest BCUT2D eigenvalue weighted by Crippen LogP contribution is -2.36. The van der Waals surface area contributed by atoms with E-state index in [0.29, 0.717) is 0 Å². The van der Waals surface area contributed by atoms with Crippen molar-refractivity contribution in [1.82, 2.24) is 14.9 Å². The largest absolute Gasteiger partial charge is 0.357 e. The maximum absolute atomic E-state index is 13.6. The molecule has 3 heterocycles. The zero-order valence-corrected chi connectivity index (χ0v) is 15.8. The summed E-state index contributed by atoms with van der Waals surface area (Å²) in [6.45, 7) is 3.72. The van der Waals surface area contributed by atoms with Crippen LogP contribution in [-0.4, -0.2) is 21.4 Å². The number of para-hydroxylation sites is 1. The lowest BCUT2D eigenvalue weighted by atomic mass is 9.92. The number of hydrogen-bond donors (Lipinski definition) is 1. The molecule has 4 heteroatoms. The van der Waals surface area contributed by atoms with E-state index in [1.54, 1.807) is 12.1 Å². The van der Waals surface area contributed by atoms with Gasteiger partial charge in [-0.2, -0.15) is 0 Å². The van der Waals surface area contributed by atoms with E-state index in [-0.39, 0.29) is 11.9 Å². The van der Waals surface area contributed by atoms with Crippen LogP contribution in [0.3, 0.4) is 0 Å². The highest BCUT2D eigenvalue weighted by Crippen LogP contribution is 2.39. The van der Waals surface area contributed by atoms with Crippen LogP contribution in [0.4, 0.5) is 4.39 Å². The fourth-order valence-corrected chi connectivity index (χ4v) is 4.38. The molecule has 0 fully saturated rings. The van der Waals surface area contributed by atoms with Crippen molar-refractivity contribution in [2.45, 2.75) is 25.9 Å². The van der Waals surface area contributed by atoms with Gasteiger partial charge in [0.25, 0.3) is 0 Å². The number of aryl methyl sites for hydroxylation is 1. The molecule has 28 heavy (non-hydrogen) atoms. The van der Waals surface area contributed by atoms with E-state index < -0.39 is 0 Å². The normalized spacial score (nSPS) is 17.0. The molecule has 0 saturated carbocycles. The molecule has 3 nitrogen and oxygen atoms in total. The summed E-state index contributed by atoms with van der Waals surface area (Å²) in [6.07, 6.45) is 0.989. The minimum atomic E-state index is -0.205. The van der Waals surface area contributed by atoms with Crippen molar-refractivity contribution in [2.75, 3.05) is 6.54 Å². The molecule has 1 N–H and O–H groups in total. The van der Waals surface area contributed by atoms with E-state index in [2.05, 4.69) is 46.3 Å². The zero-order chi connectivity index (χ0) is 19.1. The number of hydrogen-bond acceptors (Lipinski definition) is 2. The SMILES string of the molecule is Cc1cccc(CN2CCc3c([nH]c4ccccc34)C2c2ccc(F)cc2)n1. The quantitative estimate of drug-likeness (QED) is 0.539. The van der Waals surface area contributed by atoms with Crippen molar-refractivity contribution < 1.29 is 4.39 Å². The van der Waals surface area contributed by atoms with Gasteiger partial charge in [0.2, 0.25) is 0 Å². The number of H-pyrrole nitrogens is 1. The van der Waals surface area contributed by atoms with Gasteiger partial charge in [-0.3, -0.25) is 9.88 Å². The molecule has 0 saturated heterocycles. The van der Waals surface area contributed by atoms with Crippen molar-refractivity contribution in [3.05, 3.63) is 101 Å². The summed E-state index contributed by atoms with van der Waals surface area (Å²) in [6, 6.07) is 21.6. The molecule has 0 bridgehead atoms. The smallest absolute Gasteiger partial charge is 0.123 e. The maximum atomic E-state index is 13.6. The molecule has 1 aliphatic rings. The third-order valence-electron chi connectivity index (χ3n) is 5.63. The number of rotatable bonds is 3. The summed E-state index contributed by atoms with van der Waals surface area (Å²) in [5, 5.41) is 1.29. The van der Waals surface area contributed by atoms with E-state index in [4.69, 9.17) is 4.98 Å². The number of nitrogens with zero attached hydrogens (tertiary/aromatic N) is 2. The fourth-order valence-electron chi connectivity index (χ4n) is 4.38. The standard InChI is InChI=1S/C24H22FN3/c1-16-5-4-6-19(26-16)15-28-14-13-21-20-7-2-3-8-22(20)27-23(21)24(28)17-9-11-18(25)12-10-17/h2-12,24,27H,13-15H2,1H3. The van der Waals surface area contributed by atoms with Crippen molar-refractivity contribution in [2.24, 2.45) is 0 Å². The maximum Gasteiger partial charge on any atom is 0.123 e. The van der Waals surface area contributed by atoms with Crippen molar-refractivity contribution >= 4 is 10.9 Å². The van der Waals surface area contributed by atoms with Gasteiger partial charge < -0.3 is 4.98 Å². The van der Waals surface area contributed by atoms with Crippen LogP contribution in [-0.2, 0) is 13.0 Å². The molecule has 0 spiro atoms. The van der Waals surface area contributed by atoms with E-state index in [0.717, 1.165) is 42.0 Å². The molecule has 140 valence electrons. The van der Waals surface area contributed by atoms with E-state index >= 15 is 0 Å². The molecule has 1 aliphatic heterocycles. The minimum Gasteiger partial charge on any atom is -0.357 e. The Morgan fingerprint density at radius 2 is 1.86 bits per heavy atom. The number of benzene rings is 2. The van der Waals surface area contributed by atoms with Crippen LogP contribution >= 0.6 is 0 Å². The highest BCUT2D eigenvalue weighted by Gasteiger charge is 2.31. The molecule has 4 aromatic rings. The fraction of sp³-hybridized carbons (Fsp3) is 0.208. The molecule has 1 unspecified atom stereocenters. The third kappa shape index (κ3) is 3.00. The molecule has 1 atom stereocenters. The average Bonchev–Trinajstić information content (AvgIpc) is 3.07. The van der Waals surface area contributed by atoms with Gasteiger partial charge in [0.15, 0.2) is 0 Å². The first kappa shape index (κ1) is 17.1. The van der Waals surface area contributed by atoms with Gasteiger partial charge >= 0.3 is 0 Å². The van der Waals surface area contributed by atoms with E-state index in [9.17, 15) is 4.39 Å². The highest BCUT2D eigenvalue weighted by atomic mass is 19.1. The topological polar surface area (TPSA) is 31.9 Å². The Balaban J connectivity index is 1.61. The van der Waals surface area contributed by atoms with E-state index in [1.807, 2.05) is 25.1 Å². The zero-order valence-electron chi connectivity index (χ0n) is 15.8. The molecule has 0 radical (unpaired) electrons. The Bertz CT molecular complexity index is 1130.